The molecule has 1 atom stereocenters. The van der Waals surface area contributed by atoms with E-state index >= 15 is 0 Å². The van der Waals surface area contributed by atoms with E-state index in [1.807, 2.05) is 6.07 Å². The van der Waals surface area contributed by atoms with Gasteiger partial charge in [-0.25, -0.2) is 0 Å². The summed E-state index contributed by atoms with van der Waals surface area (Å²) >= 11 is 1.68. The van der Waals surface area contributed by atoms with Gasteiger partial charge >= 0.3 is 5.97 Å². The number of hydrogen-bond acceptors (Lipinski definition) is 3. The second-order valence-electron chi connectivity index (χ2n) is 8.01. The van der Waals surface area contributed by atoms with E-state index in [-0.39, 0.29) is 11.9 Å². The minimum Gasteiger partial charge on any atom is -0.465 e. The number of thiophene rings is 1. The summed E-state index contributed by atoms with van der Waals surface area (Å²) < 4.78 is 5.60. The Hall–Kier alpha value is -0.830. The Morgan fingerprint density at radius 3 is 2.08 bits per heavy atom. The van der Waals surface area contributed by atoms with Gasteiger partial charge in [-0.2, -0.15) is 0 Å². The van der Waals surface area contributed by atoms with E-state index in [2.05, 4.69) is 39.1 Å². The van der Waals surface area contributed by atoms with Gasteiger partial charge in [0.2, 0.25) is 0 Å². The molecule has 0 radical (unpaired) electrons. The lowest BCUT2D eigenvalue weighted by molar-refractivity contribution is -0.145. The SMILES string of the molecule is CC(C)CCCCCOC(=O)C(CCCCCC(C)C)c1cccs1. The predicted octanol–water partition coefficient (Wildman–Crippen LogP) is 7.20. The van der Waals surface area contributed by atoms with Gasteiger partial charge in [-0.05, 0) is 36.1 Å². The van der Waals surface area contributed by atoms with Crippen molar-refractivity contribution in [1.82, 2.24) is 0 Å². The quantitative estimate of drug-likeness (QED) is 0.257. The van der Waals surface area contributed by atoms with Gasteiger partial charge in [0.05, 0.1) is 12.5 Å². The van der Waals surface area contributed by atoms with E-state index in [0.717, 1.165) is 42.4 Å². The van der Waals surface area contributed by atoms with E-state index in [1.54, 1.807) is 11.3 Å². The van der Waals surface area contributed by atoms with Crippen molar-refractivity contribution in [2.45, 2.75) is 91.4 Å². The van der Waals surface area contributed by atoms with Crippen LogP contribution in [0.15, 0.2) is 17.5 Å². The highest BCUT2D eigenvalue weighted by atomic mass is 32.1. The van der Waals surface area contributed by atoms with E-state index < -0.39 is 0 Å². The Morgan fingerprint density at radius 2 is 1.52 bits per heavy atom. The van der Waals surface area contributed by atoms with Gasteiger partial charge in [-0.15, -0.1) is 11.3 Å². The van der Waals surface area contributed by atoms with Gasteiger partial charge in [-0.3, -0.25) is 4.79 Å². The van der Waals surface area contributed by atoms with Gasteiger partial charge in [0.15, 0.2) is 0 Å². The second kappa shape index (κ2) is 13.4. The Kier molecular flexibility index (Phi) is 11.9. The maximum atomic E-state index is 12.5. The Morgan fingerprint density at radius 1 is 0.920 bits per heavy atom. The molecule has 0 N–H and O–H groups in total. The molecule has 0 amide bonds. The van der Waals surface area contributed by atoms with Crippen LogP contribution >= 0.6 is 11.3 Å². The second-order valence-corrected chi connectivity index (χ2v) is 8.99. The Bertz CT molecular complexity index is 437. The zero-order valence-corrected chi connectivity index (χ0v) is 17.6. The van der Waals surface area contributed by atoms with E-state index in [9.17, 15) is 4.79 Å². The first-order valence-corrected chi connectivity index (χ1v) is 11.1. The Balaban J connectivity index is 2.31. The summed E-state index contributed by atoms with van der Waals surface area (Å²) in [6, 6.07) is 4.11. The number of carbonyl (C=O) groups excluding carboxylic acids is 1. The highest BCUT2D eigenvalue weighted by molar-refractivity contribution is 7.10. The van der Waals surface area contributed by atoms with Crippen LogP contribution in [-0.2, 0) is 9.53 Å². The molecule has 0 spiro atoms. The lowest BCUT2D eigenvalue weighted by Gasteiger charge is -2.15. The zero-order valence-electron chi connectivity index (χ0n) is 16.8. The van der Waals surface area contributed by atoms with E-state index in [1.165, 1.54) is 32.1 Å². The molecule has 3 heteroatoms. The third-order valence-corrected chi connectivity index (χ3v) is 5.60. The van der Waals surface area contributed by atoms with Crippen molar-refractivity contribution in [3.05, 3.63) is 22.4 Å². The molecule has 0 saturated heterocycles. The highest BCUT2D eigenvalue weighted by Crippen LogP contribution is 2.28. The lowest BCUT2D eigenvalue weighted by Crippen LogP contribution is -2.16. The minimum atomic E-state index is -0.0604. The van der Waals surface area contributed by atoms with Crippen LogP contribution in [0.2, 0.25) is 0 Å². The molecule has 2 nitrogen and oxygen atoms in total. The average molecular weight is 367 g/mol. The first-order chi connectivity index (χ1) is 12.0. The molecule has 0 aromatic carbocycles. The standard InChI is InChI=1S/C22H38O2S/c1-18(2)12-7-5-9-14-20(21-15-11-17-25-21)22(23)24-16-10-6-8-13-19(3)4/h11,15,17-20H,5-10,12-14,16H2,1-4H3. The fourth-order valence-corrected chi connectivity index (χ4v) is 3.90. The molecule has 0 bridgehead atoms. The van der Waals surface area contributed by atoms with Gasteiger partial charge in [0.25, 0.3) is 0 Å². The van der Waals surface area contributed by atoms with Crippen molar-refractivity contribution < 1.29 is 9.53 Å². The molecular formula is C22H38O2S. The normalized spacial score (nSPS) is 12.7. The number of unbranched alkanes of at least 4 members (excludes halogenated alkanes) is 4. The molecule has 1 aromatic heterocycles. The number of hydrogen-bond donors (Lipinski definition) is 0. The van der Waals surface area contributed by atoms with Crippen LogP contribution in [0.1, 0.15) is 96.3 Å². The monoisotopic (exact) mass is 366 g/mol. The van der Waals surface area contributed by atoms with Crippen molar-refractivity contribution in [2.75, 3.05) is 6.61 Å². The summed E-state index contributed by atoms with van der Waals surface area (Å²) in [5.41, 5.74) is 0. The van der Waals surface area contributed by atoms with Crippen molar-refractivity contribution in [3.8, 4) is 0 Å². The molecule has 25 heavy (non-hydrogen) atoms. The van der Waals surface area contributed by atoms with Crippen LogP contribution in [0.4, 0.5) is 0 Å². The van der Waals surface area contributed by atoms with Gasteiger partial charge in [0, 0.05) is 4.88 Å². The molecule has 0 aliphatic heterocycles. The fraction of sp³-hybridized carbons (Fsp3) is 0.773. The number of carbonyl (C=O) groups is 1. The smallest absolute Gasteiger partial charge is 0.314 e. The van der Waals surface area contributed by atoms with E-state index in [4.69, 9.17) is 4.74 Å². The third-order valence-electron chi connectivity index (χ3n) is 4.62. The molecule has 0 aliphatic rings. The van der Waals surface area contributed by atoms with Crippen molar-refractivity contribution in [2.24, 2.45) is 11.8 Å². The van der Waals surface area contributed by atoms with Crippen LogP contribution in [0, 0.1) is 11.8 Å². The molecule has 1 unspecified atom stereocenters. The van der Waals surface area contributed by atoms with Crippen LogP contribution in [0.5, 0.6) is 0 Å². The highest BCUT2D eigenvalue weighted by Gasteiger charge is 2.22. The molecule has 1 rings (SSSR count). The summed E-state index contributed by atoms with van der Waals surface area (Å²) in [5.74, 6) is 1.46. The number of ether oxygens (including phenoxy) is 1. The zero-order chi connectivity index (χ0) is 18.5. The summed E-state index contributed by atoms with van der Waals surface area (Å²) in [7, 11) is 0. The largest absolute Gasteiger partial charge is 0.465 e. The van der Waals surface area contributed by atoms with Crippen LogP contribution < -0.4 is 0 Å². The first kappa shape index (κ1) is 22.2. The molecule has 144 valence electrons. The molecule has 1 heterocycles. The van der Waals surface area contributed by atoms with Crippen LogP contribution in [0.25, 0.3) is 0 Å². The summed E-state index contributed by atoms with van der Waals surface area (Å²) in [4.78, 5) is 13.7. The van der Waals surface area contributed by atoms with Crippen LogP contribution in [0.3, 0.4) is 0 Å². The molecule has 0 saturated carbocycles. The molecule has 0 fully saturated rings. The third kappa shape index (κ3) is 10.7. The van der Waals surface area contributed by atoms with Gasteiger partial charge in [-0.1, -0.05) is 78.7 Å². The summed E-state index contributed by atoms with van der Waals surface area (Å²) in [6.45, 7) is 9.63. The lowest BCUT2D eigenvalue weighted by atomic mass is 9.97. The molecule has 0 aliphatic carbocycles. The average Bonchev–Trinajstić information content (AvgIpc) is 3.07. The predicted molar refractivity (Wildman–Crippen MR) is 109 cm³/mol. The maximum Gasteiger partial charge on any atom is 0.314 e. The van der Waals surface area contributed by atoms with Crippen molar-refractivity contribution in [1.29, 1.82) is 0 Å². The molecular weight excluding hydrogens is 328 g/mol. The minimum absolute atomic E-state index is 0.0184. The van der Waals surface area contributed by atoms with E-state index in [0.29, 0.717) is 6.61 Å². The van der Waals surface area contributed by atoms with Crippen molar-refractivity contribution in [3.63, 3.8) is 0 Å². The van der Waals surface area contributed by atoms with Gasteiger partial charge < -0.3 is 4.74 Å². The van der Waals surface area contributed by atoms with Crippen LogP contribution in [-0.4, -0.2) is 12.6 Å². The van der Waals surface area contributed by atoms with Gasteiger partial charge in [0.1, 0.15) is 0 Å². The topological polar surface area (TPSA) is 26.3 Å². The number of esters is 1. The number of rotatable bonds is 14. The summed E-state index contributed by atoms with van der Waals surface area (Å²) in [5, 5.41) is 2.06. The van der Waals surface area contributed by atoms with Crippen molar-refractivity contribution >= 4 is 17.3 Å². The maximum absolute atomic E-state index is 12.5. The molecule has 1 aromatic rings. The fourth-order valence-electron chi connectivity index (χ4n) is 3.05. The Labute approximate surface area is 159 Å². The summed E-state index contributed by atoms with van der Waals surface area (Å²) in [6.07, 6.45) is 10.4. The first-order valence-electron chi connectivity index (χ1n) is 10.2.